The maximum Gasteiger partial charge on any atom is 0.119 e. The Labute approximate surface area is 290 Å². The summed E-state index contributed by atoms with van der Waals surface area (Å²) in [5.41, 5.74) is 4.03. The molecule has 0 saturated carbocycles. The van der Waals surface area contributed by atoms with Crippen LogP contribution in [0.4, 0.5) is 0 Å². The second-order valence-corrected chi connectivity index (χ2v) is 13.0. The molecule has 0 aliphatic rings. The SMILES string of the molecule is C[C@H](Cc1ccc(OCCCCCCOc2ccc(C[C@@H](C)NC[C@H](O)c3cccc(Cl)c3)cc2)cc1)NC[C@H](O)c1ccc(O)cc1. The number of aliphatic hydroxyl groups excluding tert-OH is 2. The van der Waals surface area contributed by atoms with Crippen molar-refractivity contribution in [3.05, 3.63) is 124 Å². The molecule has 0 aliphatic heterocycles. The van der Waals surface area contributed by atoms with Crippen molar-refractivity contribution in [2.24, 2.45) is 0 Å². The number of ether oxygens (including phenoxy) is 2. The van der Waals surface area contributed by atoms with Gasteiger partial charge in [-0.1, -0.05) is 60.1 Å². The minimum atomic E-state index is -0.618. The van der Waals surface area contributed by atoms with E-state index in [0.29, 0.717) is 31.3 Å². The number of aromatic hydroxyl groups is 1. The summed E-state index contributed by atoms with van der Waals surface area (Å²) >= 11 is 6.04. The topological polar surface area (TPSA) is 103 Å². The van der Waals surface area contributed by atoms with Gasteiger partial charge >= 0.3 is 0 Å². The van der Waals surface area contributed by atoms with E-state index in [0.717, 1.165) is 61.2 Å². The smallest absolute Gasteiger partial charge is 0.119 e. The summed E-state index contributed by atoms with van der Waals surface area (Å²) in [6.45, 7) is 6.54. The number of phenolic OH excluding ortho intramolecular Hbond substituents is 1. The molecule has 0 spiro atoms. The van der Waals surface area contributed by atoms with Crippen molar-refractivity contribution < 1.29 is 24.8 Å². The number of benzene rings is 4. The van der Waals surface area contributed by atoms with Gasteiger partial charge in [0.15, 0.2) is 0 Å². The van der Waals surface area contributed by atoms with Gasteiger partial charge in [0.05, 0.1) is 25.4 Å². The lowest BCUT2D eigenvalue weighted by Gasteiger charge is -2.18. The van der Waals surface area contributed by atoms with E-state index in [9.17, 15) is 15.3 Å². The van der Waals surface area contributed by atoms with Crippen LogP contribution in [0, 0.1) is 0 Å². The Balaban J connectivity index is 1.01. The van der Waals surface area contributed by atoms with E-state index in [2.05, 4.69) is 48.7 Å². The number of phenols is 1. The van der Waals surface area contributed by atoms with Crippen LogP contribution in [0.15, 0.2) is 97.1 Å². The molecule has 0 heterocycles. The van der Waals surface area contributed by atoms with Crippen LogP contribution in [0.3, 0.4) is 0 Å². The quantitative estimate of drug-likeness (QED) is 0.0581. The molecule has 0 unspecified atom stereocenters. The molecule has 5 N–H and O–H groups in total. The van der Waals surface area contributed by atoms with E-state index in [4.69, 9.17) is 21.1 Å². The van der Waals surface area contributed by atoms with Crippen molar-refractivity contribution in [2.75, 3.05) is 26.3 Å². The second kappa shape index (κ2) is 20.0. The van der Waals surface area contributed by atoms with Gasteiger partial charge in [0.25, 0.3) is 0 Å². The van der Waals surface area contributed by atoms with Gasteiger partial charge in [-0.05, 0) is 123 Å². The number of nitrogens with one attached hydrogen (secondary N) is 2. The van der Waals surface area contributed by atoms with Crippen molar-refractivity contribution in [3.8, 4) is 17.2 Å². The van der Waals surface area contributed by atoms with Gasteiger partial charge in [-0.2, -0.15) is 0 Å². The Morgan fingerprint density at radius 3 is 1.56 bits per heavy atom. The van der Waals surface area contributed by atoms with Crippen molar-refractivity contribution in [3.63, 3.8) is 0 Å². The summed E-state index contributed by atoms with van der Waals surface area (Å²) in [5, 5.41) is 37.7. The molecule has 8 heteroatoms. The molecule has 4 rings (SSSR count). The van der Waals surface area contributed by atoms with Crippen LogP contribution in [0.1, 0.15) is 74.0 Å². The van der Waals surface area contributed by atoms with Crippen LogP contribution in [-0.4, -0.2) is 53.7 Å². The Hall–Kier alpha value is -3.59. The highest BCUT2D eigenvalue weighted by atomic mass is 35.5. The molecule has 4 aromatic carbocycles. The van der Waals surface area contributed by atoms with Gasteiger partial charge < -0.3 is 35.4 Å². The Kier molecular flexibility index (Phi) is 15.5. The van der Waals surface area contributed by atoms with Crippen molar-refractivity contribution in [2.45, 2.75) is 76.7 Å². The average molecular weight is 675 g/mol. The maximum atomic E-state index is 10.4. The first kappa shape index (κ1) is 37.2. The normalized spacial score (nSPS) is 13.9. The summed E-state index contributed by atoms with van der Waals surface area (Å²) in [6, 6.07) is 30.9. The first-order chi connectivity index (χ1) is 23.2. The number of unbranched alkanes of at least 4 members (excludes halogenated alkanes) is 3. The van der Waals surface area contributed by atoms with E-state index in [1.807, 2.05) is 36.4 Å². The molecule has 7 nitrogen and oxygen atoms in total. The van der Waals surface area contributed by atoms with Crippen molar-refractivity contribution >= 4 is 11.6 Å². The molecule has 48 heavy (non-hydrogen) atoms. The van der Waals surface area contributed by atoms with E-state index >= 15 is 0 Å². The zero-order valence-electron chi connectivity index (χ0n) is 28.2. The van der Waals surface area contributed by atoms with Gasteiger partial charge in [-0.25, -0.2) is 0 Å². The Bertz CT molecular complexity index is 1470. The highest BCUT2D eigenvalue weighted by Gasteiger charge is 2.12. The lowest BCUT2D eigenvalue weighted by Crippen LogP contribution is -2.32. The first-order valence-electron chi connectivity index (χ1n) is 17.1. The Morgan fingerprint density at radius 1 is 0.604 bits per heavy atom. The molecule has 4 aromatic rings. The fourth-order valence-electron chi connectivity index (χ4n) is 5.50. The van der Waals surface area contributed by atoms with Gasteiger partial charge in [0, 0.05) is 30.2 Å². The largest absolute Gasteiger partial charge is 0.508 e. The van der Waals surface area contributed by atoms with Crippen molar-refractivity contribution in [1.82, 2.24) is 10.6 Å². The van der Waals surface area contributed by atoms with Crippen molar-refractivity contribution in [1.29, 1.82) is 0 Å². The first-order valence-corrected chi connectivity index (χ1v) is 17.4. The molecule has 0 bridgehead atoms. The van der Waals surface area contributed by atoms with Crippen LogP contribution >= 0.6 is 11.6 Å². The van der Waals surface area contributed by atoms with Crippen LogP contribution in [0.25, 0.3) is 0 Å². The van der Waals surface area contributed by atoms with Crippen LogP contribution in [-0.2, 0) is 12.8 Å². The third-order valence-corrected chi connectivity index (χ3v) is 8.57. The van der Waals surface area contributed by atoms with Gasteiger partial charge in [-0.3, -0.25) is 0 Å². The minimum Gasteiger partial charge on any atom is -0.508 e. The summed E-state index contributed by atoms with van der Waals surface area (Å²) < 4.78 is 11.9. The zero-order chi connectivity index (χ0) is 34.1. The monoisotopic (exact) mass is 674 g/mol. The van der Waals surface area contributed by atoms with Gasteiger partial charge in [0.1, 0.15) is 17.2 Å². The van der Waals surface area contributed by atoms with E-state index in [1.165, 1.54) is 11.1 Å². The summed E-state index contributed by atoms with van der Waals surface area (Å²) in [4.78, 5) is 0. The summed E-state index contributed by atoms with van der Waals surface area (Å²) in [7, 11) is 0. The second-order valence-electron chi connectivity index (χ2n) is 12.6. The predicted octanol–water partition coefficient (Wildman–Crippen LogP) is 7.57. The molecule has 0 radical (unpaired) electrons. The molecule has 258 valence electrons. The van der Waals surface area contributed by atoms with E-state index in [-0.39, 0.29) is 17.8 Å². The number of hydrogen-bond acceptors (Lipinski definition) is 7. The molecular weight excluding hydrogens is 624 g/mol. The Morgan fingerprint density at radius 2 is 1.08 bits per heavy atom. The zero-order valence-corrected chi connectivity index (χ0v) is 28.9. The minimum absolute atomic E-state index is 0.196. The predicted molar refractivity (Wildman–Crippen MR) is 194 cm³/mol. The summed E-state index contributed by atoms with van der Waals surface area (Å²) in [5.74, 6) is 1.97. The van der Waals surface area contributed by atoms with Crippen LogP contribution in [0.5, 0.6) is 17.2 Å². The van der Waals surface area contributed by atoms with E-state index < -0.39 is 12.2 Å². The lowest BCUT2D eigenvalue weighted by atomic mass is 10.1. The molecule has 0 saturated heterocycles. The lowest BCUT2D eigenvalue weighted by molar-refractivity contribution is 0.170. The fourth-order valence-corrected chi connectivity index (χ4v) is 5.70. The third-order valence-electron chi connectivity index (χ3n) is 8.34. The molecule has 0 aromatic heterocycles. The molecular formula is C40H51ClN2O5. The number of halogens is 1. The number of rotatable bonds is 21. The van der Waals surface area contributed by atoms with Gasteiger partial charge in [-0.15, -0.1) is 0 Å². The highest BCUT2D eigenvalue weighted by molar-refractivity contribution is 6.30. The molecule has 0 amide bonds. The standard InChI is InChI=1S/C40H51ClN2O5/c1-29(42-27-39(45)33-14-16-36(44)17-15-33)24-31-10-18-37(19-11-31)47-22-5-3-4-6-23-48-38-20-12-32(13-21-38)25-30(2)43-28-40(46)34-8-7-9-35(41)26-34/h7-21,26,29-30,39-40,42-46H,3-6,22-25,27-28H2,1-2H3/t29-,30-,39+,40+/m1/s1. The molecule has 0 fully saturated rings. The van der Waals surface area contributed by atoms with E-state index in [1.54, 1.807) is 36.4 Å². The maximum absolute atomic E-state index is 10.4. The summed E-state index contributed by atoms with van der Waals surface area (Å²) in [6.07, 6.45) is 4.70. The third kappa shape index (κ3) is 13.5. The number of aliphatic hydroxyl groups is 2. The van der Waals surface area contributed by atoms with Crippen LogP contribution in [0.2, 0.25) is 5.02 Å². The van der Waals surface area contributed by atoms with Crippen LogP contribution < -0.4 is 20.1 Å². The highest BCUT2D eigenvalue weighted by Crippen LogP contribution is 2.20. The number of hydrogen-bond donors (Lipinski definition) is 5. The van der Waals surface area contributed by atoms with Gasteiger partial charge in [0.2, 0.25) is 0 Å². The molecule has 0 aliphatic carbocycles. The average Bonchev–Trinajstić information content (AvgIpc) is 3.09. The fraction of sp³-hybridized carbons (Fsp3) is 0.400. The molecule has 4 atom stereocenters.